The van der Waals surface area contributed by atoms with Crippen molar-refractivity contribution in [1.82, 2.24) is 4.98 Å². The Bertz CT molecular complexity index is 375. The van der Waals surface area contributed by atoms with Gasteiger partial charge in [0.1, 0.15) is 0 Å². The molecule has 0 bridgehead atoms. The molecule has 0 fully saturated rings. The molecule has 1 aliphatic rings. The van der Waals surface area contributed by atoms with E-state index in [4.69, 9.17) is 0 Å². The second-order valence-electron chi connectivity index (χ2n) is 4.13. The number of hydrogen-bond acceptors (Lipinski definition) is 1. The van der Waals surface area contributed by atoms with Gasteiger partial charge in [0.25, 0.3) is 0 Å². The summed E-state index contributed by atoms with van der Waals surface area (Å²) in [6.07, 6.45) is 9.60. The van der Waals surface area contributed by atoms with E-state index in [9.17, 15) is 0 Å². The van der Waals surface area contributed by atoms with Crippen molar-refractivity contribution in [3.8, 4) is 0 Å². The maximum Gasteiger partial charge on any atom is 0.0503 e. The van der Waals surface area contributed by atoms with Gasteiger partial charge in [-0.2, -0.15) is 0 Å². The van der Waals surface area contributed by atoms with Gasteiger partial charge in [0.15, 0.2) is 0 Å². The summed E-state index contributed by atoms with van der Waals surface area (Å²) in [6.45, 7) is 4.37. The molecule has 1 atom stereocenters. The Kier molecular flexibility index (Phi) is 2.24. The molecule has 1 nitrogen and oxygen atoms in total. The van der Waals surface area contributed by atoms with Gasteiger partial charge in [-0.1, -0.05) is 36.8 Å². The van der Waals surface area contributed by atoms with Gasteiger partial charge in [0.2, 0.25) is 0 Å². The minimum atomic E-state index is 0.0834. The normalized spacial score (nSPS) is 26.0. The maximum absolute atomic E-state index is 4.43. The molecule has 1 aromatic heterocycles. The maximum atomic E-state index is 4.43. The molecule has 2 rings (SSSR count). The second-order valence-corrected chi connectivity index (χ2v) is 4.13. The van der Waals surface area contributed by atoms with Gasteiger partial charge >= 0.3 is 0 Å². The van der Waals surface area contributed by atoms with E-state index in [-0.39, 0.29) is 5.41 Å². The quantitative estimate of drug-likeness (QED) is 0.654. The van der Waals surface area contributed by atoms with Gasteiger partial charge in [-0.25, -0.2) is 0 Å². The molecule has 14 heavy (non-hydrogen) atoms. The molecule has 0 saturated carbocycles. The van der Waals surface area contributed by atoms with Crippen molar-refractivity contribution >= 4 is 0 Å². The molecule has 0 radical (unpaired) electrons. The van der Waals surface area contributed by atoms with Gasteiger partial charge in [-0.3, -0.25) is 4.98 Å². The number of hydrogen-bond donors (Lipinski definition) is 0. The predicted molar refractivity (Wildman–Crippen MR) is 59.1 cm³/mol. The Morgan fingerprint density at radius 1 is 1.36 bits per heavy atom. The molecule has 0 saturated heterocycles. The van der Waals surface area contributed by atoms with E-state index >= 15 is 0 Å². The Morgan fingerprint density at radius 2 is 2.21 bits per heavy atom. The summed E-state index contributed by atoms with van der Waals surface area (Å²) in [7, 11) is 0. The SMILES string of the molecule is CC1=CC(C)(c2ccccn2)CC=C1. The number of nitrogens with zero attached hydrogens (tertiary/aromatic N) is 1. The van der Waals surface area contributed by atoms with Gasteiger partial charge in [-0.15, -0.1) is 0 Å². The van der Waals surface area contributed by atoms with Crippen molar-refractivity contribution in [1.29, 1.82) is 0 Å². The van der Waals surface area contributed by atoms with Gasteiger partial charge in [0.05, 0.1) is 5.69 Å². The van der Waals surface area contributed by atoms with E-state index in [1.54, 1.807) is 0 Å². The molecular formula is C13H15N. The van der Waals surface area contributed by atoms with Crippen LogP contribution in [0.1, 0.15) is 26.0 Å². The molecule has 1 aromatic rings. The fourth-order valence-corrected chi connectivity index (χ4v) is 1.98. The van der Waals surface area contributed by atoms with Gasteiger partial charge in [-0.05, 0) is 25.5 Å². The summed E-state index contributed by atoms with van der Waals surface area (Å²) in [4.78, 5) is 4.43. The van der Waals surface area contributed by atoms with Crippen LogP contribution in [-0.4, -0.2) is 4.98 Å². The fraction of sp³-hybridized carbons (Fsp3) is 0.308. The standard InChI is InChI=1S/C13H15N/c1-11-6-5-8-13(2,10-11)12-7-3-4-9-14-12/h3-7,9-10H,8H2,1-2H3. The number of aromatic nitrogens is 1. The van der Waals surface area contributed by atoms with Crippen molar-refractivity contribution in [3.05, 3.63) is 53.9 Å². The van der Waals surface area contributed by atoms with E-state index in [1.807, 2.05) is 12.3 Å². The van der Waals surface area contributed by atoms with Crippen LogP contribution in [0, 0.1) is 0 Å². The topological polar surface area (TPSA) is 12.9 Å². The molecule has 0 aliphatic heterocycles. The highest BCUT2D eigenvalue weighted by atomic mass is 14.7. The summed E-state index contributed by atoms with van der Waals surface area (Å²) in [5, 5.41) is 0. The van der Waals surface area contributed by atoms with Crippen molar-refractivity contribution in [2.24, 2.45) is 0 Å². The Labute approximate surface area is 85.2 Å². The number of allylic oxidation sites excluding steroid dienone is 4. The van der Waals surface area contributed by atoms with Crippen molar-refractivity contribution in [2.75, 3.05) is 0 Å². The molecule has 1 unspecified atom stereocenters. The van der Waals surface area contributed by atoms with Crippen molar-refractivity contribution < 1.29 is 0 Å². The summed E-state index contributed by atoms with van der Waals surface area (Å²) in [5.41, 5.74) is 2.56. The predicted octanol–water partition coefficient (Wildman–Crippen LogP) is 3.25. The van der Waals surface area contributed by atoms with E-state index in [0.717, 1.165) is 12.1 Å². The smallest absolute Gasteiger partial charge is 0.0503 e. The third kappa shape index (κ3) is 1.63. The Morgan fingerprint density at radius 3 is 2.86 bits per heavy atom. The van der Waals surface area contributed by atoms with Crippen molar-refractivity contribution in [3.63, 3.8) is 0 Å². The van der Waals surface area contributed by atoms with Crippen LogP contribution >= 0.6 is 0 Å². The summed E-state index contributed by atoms with van der Waals surface area (Å²) in [6, 6.07) is 6.11. The van der Waals surface area contributed by atoms with Gasteiger partial charge < -0.3 is 0 Å². The first-order valence-corrected chi connectivity index (χ1v) is 4.98. The van der Waals surface area contributed by atoms with Crippen LogP contribution in [0.4, 0.5) is 0 Å². The molecule has 0 spiro atoms. The lowest BCUT2D eigenvalue weighted by Crippen LogP contribution is -2.21. The average Bonchev–Trinajstić information content (AvgIpc) is 2.19. The molecule has 0 amide bonds. The van der Waals surface area contributed by atoms with Crippen LogP contribution in [0.5, 0.6) is 0 Å². The zero-order chi connectivity index (χ0) is 10.0. The lowest BCUT2D eigenvalue weighted by atomic mass is 9.78. The van der Waals surface area contributed by atoms with Crippen LogP contribution in [0.15, 0.2) is 48.2 Å². The average molecular weight is 185 g/mol. The monoisotopic (exact) mass is 185 g/mol. The zero-order valence-corrected chi connectivity index (χ0v) is 8.70. The van der Waals surface area contributed by atoms with Crippen LogP contribution in [0.25, 0.3) is 0 Å². The lowest BCUT2D eigenvalue weighted by Gasteiger charge is -2.27. The Balaban J connectivity index is 2.39. The third-order valence-electron chi connectivity index (χ3n) is 2.72. The first-order chi connectivity index (χ1) is 6.71. The molecular weight excluding hydrogens is 170 g/mol. The second kappa shape index (κ2) is 3.41. The van der Waals surface area contributed by atoms with Crippen LogP contribution in [0.3, 0.4) is 0 Å². The lowest BCUT2D eigenvalue weighted by molar-refractivity contribution is 0.575. The number of pyridine rings is 1. The largest absolute Gasteiger partial charge is 0.260 e. The summed E-state index contributed by atoms with van der Waals surface area (Å²) >= 11 is 0. The molecule has 0 N–H and O–H groups in total. The molecule has 72 valence electrons. The minimum absolute atomic E-state index is 0.0834. The molecule has 1 heteroatoms. The first-order valence-electron chi connectivity index (χ1n) is 4.98. The zero-order valence-electron chi connectivity index (χ0n) is 8.70. The van der Waals surface area contributed by atoms with E-state index in [0.29, 0.717) is 0 Å². The highest BCUT2D eigenvalue weighted by Gasteiger charge is 2.25. The van der Waals surface area contributed by atoms with Crippen LogP contribution in [-0.2, 0) is 5.41 Å². The first kappa shape index (κ1) is 9.20. The van der Waals surface area contributed by atoms with E-state index < -0.39 is 0 Å². The highest BCUT2D eigenvalue weighted by molar-refractivity contribution is 5.34. The summed E-state index contributed by atoms with van der Waals surface area (Å²) in [5.74, 6) is 0. The van der Waals surface area contributed by atoms with Gasteiger partial charge in [0, 0.05) is 11.6 Å². The van der Waals surface area contributed by atoms with E-state index in [1.165, 1.54) is 5.57 Å². The van der Waals surface area contributed by atoms with Crippen LogP contribution < -0.4 is 0 Å². The highest BCUT2D eigenvalue weighted by Crippen LogP contribution is 2.32. The molecule has 1 aliphatic carbocycles. The van der Waals surface area contributed by atoms with Crippen molar-refractivity contribution in [2.45, 2.75) is 25.7 Å². The molecule has 1 heterocycles. The third-order valence-corrected chi connectivity index (χ3v) is 2.72. The fourth-order valence-electron chi connectivity index (χ4n) is 1.98. The van der Waals surface area contributed by atoms with Crippen LogP contribution in [0.2, 0.25) is 0 Å². The van der Waals surface area contributed by atoms with E-state index in [2.05, 4.69) is 49.2 Å². The minimum Gasteiger partial charge on any atom is -0.260 e. The Hall–Kier alpha value is -1.37. The molecule has 0 aromatic carbocycles. The summed E-state index contributed by atoms with van der Waals surface area (Å²) < 4.78 is 0. The number of rotatable bonds is 1.